The van der Waals surface area contributed by atoms with E-state index in [0.29, 0.717) is 18.8 Å². The summed E-state index contributed by atoms with van der Waals surface area (Å²) in [5.41, 5.74) is 1.72. The molecule has 0 bridgehead atoms. The lowest BCUT2D eigenvalue weighted by Crippen LogP contribution is -2.35. The van der Waals surface area contributed by atoms with Crippen molar-refractivity contribution in [1.29, 1.82) is 0 Å². The molecular weight excluding hydrogens is 244 g/mol. The van der Waals surface area contributed by atoms with Crippen LogP contribution in [0.5, 0.6) is 0 Å². The molecule has 1 rings (SSSR count). The molecule has 0 aromatic heterocycles. The van der Waals surface area contributed by atoms with E-state index < -0.39 is 0 Å². The number of ether oxygens (including phenoxy) is 1. The Bertz CT molecular complexity index is 367. The number of nitrogens with zero attached hydrogens (tertiary/aromatic N) is 2. The predicted octanol–water partition coefficient (Wildman–Crippen LogP) is 2.99. The lowest BCUT2D eigenvalue weighted by atomic mass is 10.2. The molecule has 19 heavy (non-hydrogen) atoms. The Labute approximate surface area is 115 Å². The molecule has 0 unspecified atom stereocenters. The maximum atomic E-state index is 10.6. The van der Waals surface area contributed by atoms with E-state index in [1.54, 1.807) is 19.1 Å². The molecule has 0 spiro atoms. The molecule has 108 valence electrons. The van der Waals surface area contributed by atoms with Gasteiger partial charge in [-0.3, -0.25) is 10.1 Å². The van der Waals surface area contributed by atoms with Crippen molar-refractivity contribution in [2.24, 2.45) is 0 Å². The Morgan fingerprint density at radius 1 is 1.32 bits per heavy atom. The molecule has 1 heterocycles. The Morgan fingerprint density at radius 3 is 2.26 bits per heavy atom. The van der Waals surface area contributed by atoms with Gasteiger partial charge in [0.2, 0.25) is 5.70 Å². The van der Waals surface area contributed by atoms with E-state index in [2.05, 4.69) is 11.5 Å². The Kier molecular flexibility index (Phi) is 8.53. The van der Waals surface area contributed by atoms with Crippen LogP contribution in [0.4, 0.5) is 0 Å². The van der Waals surface area contributed by atoms with Crippen molar-refractivity contribution in [3.05, 3.63) is 45.8 Å². The van der Waals surface area contributed by atoms with Crippen molar-refractivity contribution >= 4 is 0 Å². The molecule has 0 radical (unpaired) electrons. The number of morpholine rings is 1. The van der Waals surface area contributed by atoms with Gasteiger partial charge in [0.1, 0.15) is 0 Å². The third-order valence-corrected chi connectivity index (χ3v) is 2.79. The first-order chi connectivity index (χ1) is 9.06. The zero-order valence-electron chi connectivity index (χ0n) is 12.3. The number of hydrogen-bond acceptors (Lipinski definition) is 4. The minimum absolute atomic E-state index is 0.164. The van der Waals surface area contributed by atoms with Crippen LogP contribution in [0.3, 0.4) is 0 Å². The largest absolute Gasteiger partial charge is 0.378 e. The minimum atomic E-state index is -0.369. The average Bonchev–Trinajstić information content (AvgIpc) is 2.46. The number of allylic oxidation sites excluding steroid dienone is 4. The molecule has 0 aliphatic carbocycles. The molecule has 0 aromatic carbocycles. The zero-order valence-corrected chi connectivity index (χ0v) is 12.3. The second-order valence-electron chi connectivity index (χ2n) is 3.90. The van der Waals surface area contributed by atoms with E-state index in [0.717, 1.165) is 18.8 Å². The lowest BCUT2D eigenvalue weighted by Gasteiger charge is -2.29. The molecule has 1 aliphatic heterocycles. The fraction of sp³-hybridized carbons (Fsp3) is 0.571. The summed E-state index contributed by atoms with van der Waals surface area (Å²) in [6.07, 6.45) is 3.53. The Balaban J connectivity index is 0.00000154. The summed E-state index contributed by atoms with van der Waals surface area (Å²) in [5, 5.41) is 10.6. The van der Waals surface area contributed by atoms with Crippen molar-refractivity contribution in [3.63, 3.8) is 0 Å². The summed E-state index contributed by atoms with van der Waals surface area (Å²) in [7, 11) is 0. The van der Waals surface area contributed by atoms with Crippen LogP contribution in [0.25, 0.3) is 0 Å². The van der Waals surface area contributed by atoms with Crippen LogP contribution < -0.4 is 0 Å². The first-order valence-corrected chi connectivity index (χ1v) is 6.55. The average molecular weight is 268 g/mol. The van der Waals surface area contributed by atoms with Crippen molar-refractivity contribution in [1.82, 2.24) is 4.90 Å². The third kappa shape index (κ3) is 5.70. The van der Waals surface area contributed by atoms with Gasteiger partial charge in [-0.1, -0.05) is 20.4 Å². The highest BCUT2D eigenvalue weighted by atomic mass is 16.6. The van der Waals surface area contributed by atoms with Gasteiger partial charge in [0.25, 0.3) is 0 Å². The fourth-order valence-corrected chi connectivity index (χ4v) is 1.57. The summed E-state index contributed by atoms with van der Waals surface area (Å²) in [6.45, 7) is 13.9. The SMILES string of the molecule is C=C/C(=C\C(C)=C(/C)[N+](=O)[O-])N1CCOCC1.CC. The first kappa shape index (κ1) is 17.4. The van der Waals surface area contributed by atoms with Crippen molar-refractivity contribution in [2.45, 2.75) is 27.7 Å². The second kappa shape index (κ2) is 9.33. The highest BCUT2D eigenvalue weighted by Gasteiger charge is 2.13. The molecular formula is C14H24N2O3. The van der Waals surface area contributed by atoms with Crippen LogP contribution in [0.1, 0.15) is 27.7 Å². The smallest absolute Gasteiger partial charge is 0.246 e. The van der Waals surface area contributed by atoms with E-state index >= 15 is 0 Å². The predicted molar refractivity (Wildman–Crippen MR) is 77.4 cm³/mol. The van der Waals surface area contributed by atoms with Crippen LogP contribution in [-0.4, -0.2) is 36.1 Å². The fourth-order valence-electron chi connectivity index (χ4n) is 1.57. The normalized spacial score (nSPS) is 17.1. The van der Waals surface area contributed by atoms with Gasteiger partial charge in [0.05, 0.1) is 18.1 Å². The van der Waals surface area contributed by atoms with E-state index in [1.165, 1.54) is 6.92 Å². The first-order valence-electron chi connectivity index (χ1n) is 6.55. The summed E-state index contributed by atoms with van der Waals surface area (Å²) in [6, 6.07) is 0. The molecule has 1 aliphatic rings. The topological polar surface area (TPSA) is 55.6 Å². The van der Waals surface area contributed by atoms with Gasteiger partial charge < -0.3 is 9.64 Å². The van der Waals surface area contributed by atoms with Gasteiger partial charge in [-0.15, -0.1) is 0 Å². The number of nitro groups is 1. The molecule has 0 N–H and O–H groups in total. The zero-order chi connectivity index (χ0) is 14.8. The van der Waals surface area contributed by atoms with Crippen LogP contribution in [0, 0.1) is 10.1 Å². The standard InChI is InChI=1S/C12H18N2O3.C2H6/c1-4-12(13-5-7-17-8-6-13)9-10(2)11(3)14(15)16;1-2/h4,9H,1,5-8H2,2-3H3;1-2H3/b11-10+,12-9+;. The van der Waals surface area contributed by atoms with Crippen LogP contribution in [0.15, 0.2) is 35.7 Å². The Hall–Kier alpha value is -1.62. The second-order valence-corrected chi connectivity index (χ2v) is 3.90. The summed E-state index contributed by atoms with van der Waals surface area (Å²) in [5.74, 6) is 0. The van der Waals surface area contributed by atoms with Crippen LogP contribution in [-0.2, 0) is 4.74 Å². The summed E-state index contributed by atoms with van der Waals surface area (Å²) < 4.78 is 5.26. The molecule has 1 saturated heterocycles. The summed E-state index contributed by atoms with van der Waals surface area (Å²) in [4.78, 5) is 12.4. The van der Waals surface area contributed by atoms with Gasteiger partial charge in [-0.25, -0.2) is 0 Å². The lowest BCUT2D eigenvalue weighted by molar-refractivity contribution is -0.425. The monoisotopic (exact) mass is 268 g/mol. The molecule has 0 aromatic rings. The van der Waals surface area contributed by atoms with Crippen molar-refractivity contribution in [3.8, 4) is 0 Å². The van der Waals surface area contributed by atoms with E-state index in [4.69, 9.17) is 4.74 Å². The van der Waals surface area contributed by atoms with Gasteiger partial charge in [0.15, 0.2) is 0 Å². The van der Waals surface area contributed by atoms with Crippen LogP contribution >= 0.6 is 0 Å². The molecule has 1 fully saturated rings. The molecule has 5 heteroatoms. The molecule has 0 atom stereocenters. The number of hydrogen-bond donors (Lipinski definition) is 0. The third-order valence-electron chi connectivity index (χ3n) is 2.79. The van der Waals surface area contributed by atoms with Crippen molar-refractivity contribution < 1.29 is 9.66 Å². The quantitative estimate of drug-likeness (QED) is 0.447. The molecule has 0 saturated carbocycles. The van der Waals surface area contributed by atoms with E-state index in [1.807, 2.05) is 13.8 Å². The van der Waals surface area contributed by atoms with E-state index in [9.17, 15) is 10.1 Å². The molecule has 5 nitrogen and oxygen atoms in total. The van der Waals surface area contributed by atoms with Gasteiger partial charge in [-0.2, -0.15) is 0 Å². The molecule has 0 amide bonds. The number of rotatable bonds is 4. The minimum Gasteiger partial charge on any atom is -0.378 e. The highest BCUT2D eigenvalue weighted by Crippen LogP contribution is 2.14. The van der Waals surface area contributed by atoms with E-state index in [-0.39, 0.29) is 10.6 Å². The summed E-state index contributed by atoms with van der Waals surface area (Å²) >= 11 is 0. The van der Waals surface area contributed by atoms with Crippen LogP contribution in [0.2, 0.25) is 0 Å². The maximum Gasteiger partial charge on any atom is 0.246 e. The van der Waals surface area contributed by atoms with Gasteiger partial charge >= 0.3 is 0 Å². The van der Waals surface area contributed by atoms with Crippen molar-refractivity contribution in [2.75, 3.05) is 26.3 Å². The Morgan fingerprint density at radius 2 is 1.84 bits per heavy atom. The highest BCUT2D eigenvalue weighted by molar-refractivity contribution is 5.28. The van der Waals surface area contributed by atoms with Gasteiger partial charge in [-0.05, 0) is 19.1 Å². The van der Waals surface area contributed by atoms with Gasteiger partial charge in [0, 0.05) is 31.3 Å². The maximum absolute atomic E-state index is 10.6.